The van der Waals surface area contributed by atoms with Crippen molar-refractivity contribution in [3.63, 3.8) is 0 Å². The zero-order chi connectivity index (χ0) is 27.4. The first kappa shape index (κ1) is 26.4. The van der Waals surface area contributed by atoms with Gasteiger partial charge in [0, 0.05) is 29.8 Å². The lowest BCUT2D eigenvalue weighted by molar-refractivity contribution is -0.183. The predicted octanol–water partition coefficient (Wildman–Crippen LogP) is 5.34. The molecular weight excluding hydrogens is 506 g/mol. The molecule has 9 heteroatoms. The van der Waals surface area contributed by atoms with Gasteiger partial charge in [-0.2, -0.15) is 0 Å². The van der Waals surface area contributed by atoms with Crippen LogP contribution in [0.2, 0.25) is 0 Å². The Morgan fingerprint density at radius 1 is 1.08 bits per heavy atom. The van der Waals surface area contributed by atoms with Gasteiger partial charge in [0.05, 0.1) is 17.8 Å². The van der Waals surface area contributed by atoms with Crippen molar-refractivity contribution in [2.45, 2.75) is 88.2 Å². The number of ether oxygens (including phenoxy) is 1. The van der Waals surface area contributed by atoms with Gasteiger partial charge in [-0.05, 0) is 87.7 Å². The molecule has 4 aliphatic rings. The molecule has 39 heavy (non-hydrogen) atoms. The van der Waals surface area contributed by atoms with Crippen molar-refractivity contribution in [2.24, 2.45) is 23.2 Å². The number of halogens is 2. The molecule has 210 valence electrons. The summed E-state index contributed by atoms with van der Waals surface area (Å²) in [6.07, 6.45) is 7.04. The summed E-state index contributed by atoms with van der Waals surface area (Å²) in [6, 6.07) is 5.83. The highest BCUT2D eigenvalue weighted by Crippen LogP contribution is 2.61. The Kier molecular flexibility index (Phi) is 6.56. The molecule has 6 rings (SSSR count). The summed E-state index contributed by atoms with van der Waals surface area (Å²) in [5, 5.41) is 25.4. The second-order valence-electron chi connectivity index (χ2n) is 12.6. The number of hydrogen-bond acceptors (Lipinski definition) is 5. The summed E-state index contributed by atoms with van der Waals surface area (Å²) in [4.78, 5) is 30.8. The van der Waals surface area contributed by atoms with Crippen LogP contribution in [0.15, 0.2) is 30.5 Å². The normalized spacial score (nSPS) is 32.5. The van der Waals surface area contributed by atoms with Gasteiger partial charge in [-0.15, -0.1) is 0 Å². The van der Waals surface area contributed by atoms with E-state index in [0.29, 0.717) is 44.0 Å². The number of carbonyl (C=O) groups is 2. The van der Waals surface area contributed by atoms with E-state index in [9.17, 15) is 28.6 Å². The van der Waals surface area contributed by atoms with Crippen LogP contribution in [0.1, 0.15) is 81.0 Å². The summed E-state index contributed by atoms with van der Waals surface area (Å²) in [5.74, 6) is -3.69. The standard InChI is InChI=1S/C30H36F2N2O5/c31-30(32)11-7-18(8-12-30)16-39-24-22(6-4-20-2-1-13-33-23(20)24)26(35)34-25(27(36)37)28-10-9-21-5-3-19(14-28)15-29(21,38)17-28/h1-2,4,6,13,18-19,21,25,38H,3,5,7-12,14-17H2,(H,34,35)(H,36,37)/t19?,21?,25-,28?,29?/m1/s1. The Morgan fingerprint density at radius 3 is 2.64 bits per heavy atom. The molecule has 1 aromatic heterocycles. The van der Waals surface area contributed by atoms with Crippen molar-refractivity contribution in [1.82, 2.24) is 10.3 Å². The molecule has 5 atom stereocenters. The molecule has 2 aromatic rings. The molecule has 4 saturated carbocycles. The first-order valence-corrected chi connectivity index (χ1v) is 14.2. The minimum atomic E-state index is -2.64. The van der Waals surface area contributed by atoms with Crippen molar-refractivity contribution < 1.29 is 33.3 Å². The first-order chi connectivity index (χ1) is 18.6. The zero-order valence-corrected chi connectivity index (χ0v) is 22.0. The van der Waals surface area contributed by atoms with Gasteiger partial charge in [0.2, 0.25) is 5.92 Å². The zero-order valence-electron chi connectivity index (χ0n) is 22.0. The molecule has 1 heterocycles. The second-order valence-corrected chi connectivity index (χ2v) is 12.6. The first-order valence-electron chi connectivity index (χ1n) is 14.2. The van der Waals surface area contributed by atoms with E-state index < -0.39 is 34.9 Å². The third-order valence-electron chi connectivity index (χ3n) is 10.1. The lowest BCUT2D eigenvalue weighted by Crippen LogP contribution is -2.64. The Labute approximate surface area is 226 Å². The SMILES string of the molecule is O=C(N[C@H](C(=O)O)C12CCC3CCC(CC3(O)C1)C2)c1ccc2cccnc2c1OCC1CCC(F)(F)CC1. The number of rotatable bonds is 7. The Balaban J connectivity index is 1.27. The number of amides is 1. The van der Waals surface area contributed by atoms with Crippen LogP contribution in [0.5, 0.6) is 5.75 Å². The molecule has 1 amide bonds. The molecule has 3 bridgehead atoms. The monoisotopic (exact) mass is 542 g/mol. The van der Waals surface area contributed by atoms with Crippen molar-refractivity contribution in [1.29, 1.82) is 0 Å². The number of carboxylic acid groups (broad SMARTS) is 1. The third kappa shape index (κ3) is 4.87. The molecule has 0 radical (unpaired) electrons. The van der Waals surface area contributed by atoms with Gasteiger partial charge in [0.25, 0.3) is 5.91 Å². The van der Waals surface area contributed by atoms with E-state index in [1.165, 1.54) is 0 Å². The number of nitrogens with zero attached hydrogens (tertiary/aromatic N) is 1. The van der Waals surface area contributed by atoms with Crippen molar-refractivity contribution >= 4 is 22.8 Å². The maximum Gasteiger partial charge on any atom is 0.326 e. The van der Waals surface area contributed by atoms with Crippen molar-refractivity contribution in [3.05, 3.63) is 36.0 Å². The molecule has 3 N–H and O–H groups in total. The molecule has 4 aliphatic carbocycles. The van der Waals surface area contributed by atoms with Gasteiger partial charge in [-0.25, -0.2) is 13.6 Å². The van der Waals surface area contributed by atoms with E-state index in [0.717, 1.165) is 24.6 Å². The Morgan fingerprint density at radius 2 is 1.87 bits per heavy atom. The quantitative estimate of drug-likeness (QED) is 0.436. The van der Waals surface area contributed by atoms with E-state index in [4.69, 9.17) is 4.74 Å². The average Bonchev–Trinajstić information content (AvgIpc) is 2.88. The fraction of sp³-hybridized carbons (Fsp3) is 0.633. The summed E-state index contributed by atoms with van der Waals surface area (Å²) in [5.41, 5.74) is -0.929. The third-order valence-corrected chi connectivity index (χ3v) is 10.1. The average molecular weight is 543 g/mol. The highest BCUT2D eigenvalue weighted by Gasteiger charge is 2.60. The topological polar surface area (TPSA) is 109 Å². The fourth-order valence-electron chi connectivity index (χ4n) is 8.15. The van der Waals surface area contributed by atoms with Crippen LogP contribution in [0.25, 0.3) is 10.9 Å². The van der Waals surface area contributed by atoms with Gasteiger partial charge >= 0.3 is 5.97 Å². The van der Waals surface area contributed by atoms with Crippen molar-refractivity contribution in [2.75, 3.05) is 6.61 Å². The molecule has 4 unspecified atom stereocenters. The van der Waals surface area contributed by atoms with Crippen LogP contribution >= 0.6 is 0 Å². The number of aliphatic carboxylic acids is 1. The maximum atomic E-state index is 13.8. The number of carbonyl (C=O) groups excluding carboxylic acids is 1. The fourth-order valence-corrected chi connectivity index (χ4v) is 8.15. The largest absolute Gasteiger partial charge is 0.490 e. The Bertz CT molecular complexity index is 1280. The number of aliphatic hydroxyl groups is 1. The Hall–Kier alpha value is -2.81. The molecule has 1 aromatic carbocycles. The number of pyridine rings is 1. The van der Waals surface area contributed by atoms with Crippen molar-refractivity contribution in [3.8, 4) is 5.75 Å². The van der Waals surface area contributed by atoms with Gasteiger partial charge in [-0.3, -0.25) is 9.78 Å². The summed E-state index contributed by atoms with van der Waals surface area (Å²) in [6.45, 7) is 0.175. The van der Waals surface area contributed by atoms with E-state index >= 15 is 0 Å². The lowest BCUT2D eigenvalue weighted by atomic mass is 9.47. The van der Waals surface area contributed by atoms with E-state index in [-0.39, 0.29) is 48.5 Å². The minimum Gasteiger partial charge on any atom is -0.490 e. The second kappa shape index (κ2) is 9.68. The number of hydrogen-bond donors (Lipinski definition) is 3. The van der Waals surface area contributed by atoms with Crippen LogP contribution in [0.3, 0.4) is 0 Å². The van der Waals surface area contributed by atoms with Crippen LogP contribution < -0.4 is 10.1 Å². The summed E-state index contributed by atoms with van der Waals surface area (Å²) < 4.78 is 33.5. The number of fused-ring (bicyclic) bond motifs is 3. The maximum absolute atomic E-state index is 13.8. The smallest absolute Gasteiger partial charge is 0.326 e. The highest BCUT2D eigenvalue weighted by molar-refractivity contribution is 6.04. The van der Waals surface area contributed by atoms with Gasteiger partial charge in [-0.1, -0.05) is 12.1 Å². The molecule has 4 fully saturated rings. The molecular formula is C30H36F2N2O5. The molecule has 0 saturated heterocycles. The van der Waals surface area contributed by atoms with Crippen LogP contribution in [-0.2, 0) is 4.79 Å². The number of carboxylic acids is 1. The number of nitrogens with one attached hydrogen (secondary N) is 1. The van der Waals surface area contributed by atoms with Crippen LogP contribution in [0, 0.1) is 23.2 Å². The predicted molar refractivity (Wildman–Crippen MR) is 140 cm³/mol. The van der Waals surface area contributed by atoms with E-state index in [1.807, 2.05) is 6.07 Å². The summed E-state index contributed by atoms with van der Waals surface area (Å²) >= 11 is 0. The van der Waals surface area contributed by atoms with Crippen LogP contribution in [0.4, 0.5) is 8.78 Å². The number of aromatic nitrogens is 1. The van der Waals surface area contributed by atoms with Gasteiger partial charge in [0.1, 0.15) is 11.6 Å². The highest BCUT2D eigenvalue weighted by atomic mass is 19.3. The van der Waals surface area contributed by atoms with E-state index in [2.05, 4.69) is 10.3 Å². The minimum absolute atomic E-state index is 0.0669. The van der Waals surface area contributed by atoms with Gasteiger partial charge < -0.3 is 20.3 Å². The van der Waals surface area contributed by atoms with Gasteiger partial charge in [0.15, 0.2) is 5.75 Å². The molecule has 7 nitrogen and oxygen atoms in total. The molecule has 0 spiro atoms. The molecule has 0 aliphatic heterocycles. The number of benzene rings is 1. The summed E-state index contributed by atoms with van der Waals surface area (Å²) in [7, 11) is 0. The van der Waals surface area contributed by atoms with Crippen LogP contribution in [-0.4, -0.2) is 51.2 Å². The number of alkyl halides is 2. The van der Waals surface area contributed by atoms with E-state index in [1.54, 1.807) is 24.4 Å². The lowest BCUT2D eigenvalue weighted by Gasteiger charge is -2.60.